The van der Waals surface area contributed by atoms with E-state index < -0.39 is 10.1 Å². The van der Waals surface area contributed by atoms with E-state index >= 15 is 0 Å². The van der Waals surface area contributed by atoms with Crippen LogP contribution in [-0.2, 0) is 14.3 Å². The first-order chi connectivity index (χ1) is 10.6. The summed E-state index contributed by atoms with van der Waals surface area (Å²) in [6.07, 6.45) is 5.69. The molecule has 0 aromatic heterocycles. The van der Waals surface area contributed by atoms with Gasteiger partial charge >= 0.3 is 0 Å². The van der Waals surface area contributed by atoms with Crippen molar-refractivity contribution in [3.8, 4) is 0 Å². The Labute approximate surface area is 132 Å². The molecule has 0 bridgehead atoms. The van der Waals surface area contributed by atoms with Gasteiger partial charge in [0, 0.05) is 11.5 Å². The zero-order valence-electron chi connectivity index (χ0n) is 12.9. The van der Waals surface area contributed by atoms with Gasteiger partial charge in [0.1, 0.15) is 0 Å². The molecule has 0 aliphatic rings. The zero-order valence-corrected chi connectivity index (χ0v) is 13.8. The molecule has 1 rings (SSSR count). The molecule has 0 heterocycles. The number of unbranched alkanes of at least 4 members (excludes halogenated alkanes) is 5. The van der Waals surface area contributed by atoms with Crippen LogP contribution < -0.4 is 0 Å². The molecule has 6 nitrogen and oxygen atoms in total. The summed E-state index contributed by atoms with van der Waals surface area (Å²) in [4.78, 5) is 2.90. The molecule has 7 heteroatoms. The van der Waals surface area contributed by atoms with Crippen LogP contribution >= 0.6 is 0 Å². The van der Waals surface area contributed by atoms with Crippen LogP contribution in [0.15, 0.2) is 34.3 Å². The van der Waals surface area contributed by atoms with E-state index in [0.29, 0.717) is 6.54 Å². The SMILES string of the molecule is Cc1ccc(S(=O)(=O)OCCCCCCCCN=[N+]=[N-])cc1. The van der Waals surface area contributed by atoms with Gasteiger partial charge in [-0.3, -0.25) is 4.18 Å². The van der Waals surface area contributed by atoms with E-state index in [9.17, 15) is 8.42 Å². The summed E-state index contributed by atoms with van der Waals surface area (Å²) < 4.78 is 28.9. The molecule has 0 fully saturated rings. The van der Waals surface area contributed by atoms with Gasteiger partial charge in [0.25, 0.3) is 10.1 Å². The molecule has 1 aromatic rings. The van der Waals surface area contributed by atoms with Gasteiger partial charge in [-0.05, 0) is 37.4 Å². The maximum atomic E-state index is 11.9. The van der Waals surface area contributed by atoms with Crippen LogP contribution in [-0.4, -0.2) is 21.6 Å². The first kappa shape index (κ1) is 18.5. The largest absolute Gasteiger partial charge is 0.296 e. The van der Waals surface area contributed by atoms with Gasteiger partial charge in [0.05, 0.1) is 11.5 Å². The summed E-state index contributed by atoms with van der Waals surface area (Å²) in [5.41, 5.74) is 9.14. The topological polar surface area (TPSA) is 92.1 Å². The fourth-order valence-corrected chi connectivity index (χ4v) is 2.92. The van der Waals surface area contributed by atoms with E-state index in [1.807, 2.05) is 6.92 Å². The van der Waals surface area contributed by atoms with Crippen molar-refractivity contribution in [1.82, 2.24) is 0 Å². The highest BCUT2D eigenvalue weighted by molar-refractivity contribution is 7.86. The maximum absolute atomic E-state index is 11.9. The van der Waals surface area contributed by atoms with Crippen LogP contribution in [0.2, 0.25) is 0 Å². The van der Waals surface area contributed by atoms with Gasteiger partial charge in [0.15, 0.2) is 0 Å². The smallest absolute Gasteiger partial charge is 0.266 e. The maximum Gasteiger partial charge on any atom is 0.296 e. The first-order valence-electron chi connectivity index (χ1n) is 7.53. The van der Waals surface area contributed by atoms with Gasteiger partial charge in [-0.25, -0.2) is 0 Å². The number of hydrogen-bond acceptors (Lipinski definition) is 4. The molecule has 0 N–H and O–H groups in total. The third-order valence-electron chi connectivity index (χ3n) is 3.26. The Kier molecular flexibility index (Phi) is 8.58. The summed E-state index contributed by atoms with van der Waals surface area (Å²) in [6.45, 7) is 2.67. The molecule has 22 heavy (non-hydrogen) atoms. The van der Waals surface area contributed by atoms with Crippen LogP contribution in [0.1, 0.15) is 44.1 Å². The van der Waals surface area contributed by atoms with E-state index in [0.717, 1.165) is 44.1 Å². The van der Waals surface area contributed by atoms with Crippen molar-refractivity contribution in [1.29, 1.82) is 0 Å². The van der Waals surface area contributed by atoms with Crippen LogP contribution in [0.3, 0.4) is 0 Å². The molecular formula is C15H23N3O3S. The minimum absolute atomic E-state index is 0.205. The molecular weight excluding hydrogens is 302 g/mol. The zero-order chi connectivity index (χ0) is 16.3. The number of benzene rings is 1. The second-order valence-corrected chi connectivity index (χ2v) is 6.78. The molecule has 0 radical (unpaired) electrons. The number of rotatable bonds is 11. The van der Waals surface area contributed by atoms with Crippen LogP contribution in [0, 0.1) is 6.92 Å². The molecule has 122 valence electrons. The minimum atomic E-state index is -3.63. The van der Waals surface area contributed by atoms with Crippen molar-refractivity contribution in [3.05, 3.63) is 40.3 Å². The number of aryl methyl sites for hydroxylation is 1. The van der Waals surface area contributed by atoms with Crippen molar-refractivity contribution in [2.45, 2.75) is 50.3 Å². The number of azide groups is 1. The van der Waals surface area contributed by atoms with Gasteiger partial charge in [0.2, 0.25) is 0 Å². The van der Waals surface area contributed by atoms with Crippen LogP contribution in [0.25, 0.3) is 10.4 Å². The second-order valence-electron chi connectivity index (χ2n) is 5.16. The fraction of sp³-hybridized carbons (Fsp3) is 0.600. The number of nitrogens with zero attached hydrogens (tertiary/aromatic N) is 3. The van der Waals surface area contributed by atoms with Gasteiger partial charge in [-0.2, -0.15) is 8.42 Å². The summed E-state index contributed by atoms with van der Waals surface area (Å²) in [7, 11) is -3.63. The lowest BCUT2D eigenvalue weighted by Gasteiger charge is -2.06. The average molecular weight is 325 g/mol. The quantitative estimate of drug-likeness (QED) is 0.199. The van der Waals surface area contributed by atoms with Crippen molar-refractivity contribution in [2.24, 2.45) is 5.11 Å². The first-order valence-corrected chi connectivity index (χ1v) is 8.94. The highest BCUT2D eigenvalue weighted by atomic mass is 32.2. The van der Waals surface area contributed by atoms with Crippen LogP contribution in [0.4, 0.5) is 0 Å². The van der Waals surface area contributed by atoms with E-state index in [-0.39, 0.29) is 11.5 Å². The lowest BCUT2D eigenvalue weighted by atomic mass is 10.1. The third-order valence-corrected chi connectivity index (χ3v) is 4.59. The molecule has 0 aliphatic heterocycles. The molecule has 0 unspecified atom stereocenters. The second kappa shape index (κ2) is 10.2. The molecule has 0 spiro atoms. The van der Waals surface area contributed by atoms with E-state index in [1.165, 1.54) is 0 Å². The molecule has 0 saturated carbocycles. The van der Waals surface area contributed by atoms with Crippen molar-refractivity contribution in [2.75, 3.05) is 13.2 Å². The molecule has 1 aromatic carbocycles. The summed E-state index contributed by atoms with van der Waals surface area (Å²) in [5.74, 6) is 0. The van der Waals surface area contributed by atoms with Crippen molar-refractivity contribution < 1.29 is 12.6 Å². The van der Waals surface area contributed by atoms with Crippen LogP contribution in [0.5, 0.6) is 0 Å². The Morgan fingerprint density at radius 2 is 1.64 bits per heavy atom. The fourth-order valence-electron chi connectivity index (χ4n) is 1.98. The Morgan fingerprint density at radius 1 is 1.05 bits per heavy atom. The van der Waals surface area contributed by atoms with Crippen molar-refractivity contribution in [3.63, 3.8) is 0 Å². The molecule has 0 atom stereocenters. The number of hydrogen-bond donors (Lipinski definition) is 0. The predicted molar refractivity (Wildman–Crippen MR) is 86.0 cm³/mol. The molecule has 0 amide bonds. The van der Waals surface area contributed by atoms with Gasteiger partial charge in [-0.1, -0.05) is 48.5 Å². The summed E-state index contributed by atoms with van der Waals surface area (Å²) >= 11 is 0. The Morgan fingerprint density at radius 3 is 2.27 bits per heavy atom. The summed E-state index contributed by atoms with van der Waals surface area (Å²) in [5, 5.41) is 3.47. The minimum Gasteiger partial charge on any atom is -0.266 e. The Balaban J connectivity index is 2.13. The highest BCUT2D eigenvalue weighted by Gasteiger charge is 2.14. The average Bonchev–Trinajstić information content (AvgIpc) is 2.49. The predicted octanol–water partition coefficient (Wildman–Crippen LogP) is 4.35. The molecule has 0 saturated heterocycles. The van der Waals surface area contributed by atoms with Gasteiger partial charge in [-0.15, -0.1) is 0 Å². The monoisotopic (exact) mass is 325 g/mol. The highest BCUT2D eigenvalue weighted by Crippen LogP contribution is 2.14. The van der Waals surface area contributed by atoms with E-state index in [1.54, 1.807) is 24.3 Å². The normalized spacial score (nSPS) is 11.1. The van der Waals surface area contributed by atoms with E-state index in [2.05, 4.69) is 10.0 Å². The molecule has 0 aliphatic carbocycles. The van der Waals surface area contributed by atoms with Gasteiger partial charge < -0.3 is 0 Å². The van der Waals surface area contributed by atoms with E-state index in [4.69, 9.17) is 9.71 Å². The standard InChI is InChI=1S/C15H23N3O3S/c1-14-8-10-15(11-9-14)22(19,20)21-13-7-5-3-2-4-6-12-17-18-16/h8-11H,2-7,12-13H2,1H3. The lowest BCUT2D eigenvalue weighted by molar-refractivity contribution is 0.306. The van der Waals surface area contributed by atoms with Crippen molar-refractivity contribution >= 4 is 10.1 Å². The summed E-state index contributed by atoms with van der Waals surface area (Å²) in [6, 6.07) is 6.64. The Bertz CT molecular complexity index is 579. The third kappa shape index (κ3) is 7.45. The Hall–Kier alpha value is -1.56. The lowest BCUT2D eigenvalue weighted by Crippen LogP contribution is -2.07.